The summed E-state index contributed by atoms with van der Waals surface area (Å²) in [5.74, 6) is -0.0195. The van der Waals surface area contributed by atoms with Crippen LogP contribution in [0.1, 0.15) is 22.4 Å². The number of aryl methyl sites for hydroxylation is 1. The Labute approximate surface area is 173 Å². The van der Waals surface area contributed by atoms with Crippen LogP contribution in [0.5, 0.6) is 0 Å². The second kappa shape index (κ2) is 10.4. The fourth-order valence-corrected chi connectivity index (χ4v) is 3.14. The first-order valence-corrected chi connectivity index (χ1v) is 9.86. The second-order valence-corrected chi connectivity index (χ2v) is 7.11. The molecule has 4 heteroatoms. The molecule has 0 aliphatic carbocycles. The summed E-state index contributed by atoms with van der Waals surface area (Å²) < 4.78 is 7.41. The van der Waals surface area contributed by atoms with Crippen LogP contribution < -0.4 is 0 Å². The van der Waals surface area contributed by atoms with Gasteiger partial charge < -0.3 is 14.2 Å². The Bertz CT molecular complexity index is 927. The smallest absolute Gasteiger partial charge is 0.247 e. The number of hydrogen-bond donors (Lipinski definition) is 0. The van der Waals surface area contributed by atoms with Gasteiger partial charge in [0.25, 0.3) is 0 Å². The standard InChI is InChI=1S/C25H28N2O2/c1-21-10-12-23(13-11-21)19-26-16-6-9-24(26)20-27(17-18-29-2)25(28)15-14-22-7-4-3-5-8-22/h3-16H,17-20H2,1-2H3/b15-14+. The topological polar surface area (TPSA) is 34.5 Å². The number of nitrogens with zero attached hydrogens (tertiary/aromatic N) is 2. The molecule has 0 saturated carbocycles. The van der Waals surface area contributed by atoms with Gasteiger partial charge in [-0.05, 0) is 36.3 Å². The molecular formula is C25H28N2O2. The van der Waals surface area contributed by atoms with Gasteiger partial charge in [-0.15, -0.1) is 0 Å². The minimum Gasteiger partial charge on any atom is -0.383 e. The van der Waals surface area contributed by atoms with Gasteiger partial charge in [-0.2, -0.15) is 0 Å². The van der Waals surface area contributed by atoms with E-state index in [4.69, 9.17) is 4.74 Å². The maximum Gasteiger partial charge on any atom is 0.247 e. The Morgan fingerprint density at radius 1 is 1.03 bits per heavy atom. The molecule has 3 aromatic rings. The number of methoxy groups -OCH3 is 1. The zero-order chi connectivity index (χ0) is 20.5. The van der Waals surface area contributed by atoms with E-state index in [2.05, 4.69) is 48.0 Å². The Morgan fingerprint density at radius 3 is 2.52 bits per heavy atom. The molecule has 0 aliphatic rings. The SMILES string of the molecule is COCCN(Cc1cccn1Cc1ccc(C)cc1)C(=O)/C=C/c1ccccc1. The fraction of sp³-hybridized carbons (Fsp3) is 0.240. The molecule has 0 N–H and O–H groups in total. The van der Waals surface area contributed by atoms with Gasteiger partial charge >= 0.3 is 0 Å². The van der Waals surface area contributed by atoms with E-state index in [1.807, 2.05) is 47.4 Å². The van der Waals surface area contributed by atoms with Crippen LogP contribution in [0.4, 0.5) is 0 Å². The van der Waals surface area contributed by atoms with Crippen molar-refractivity contribution in [2.24, 2.45) is 0 Å². The summed E-state index contributed by atoms with van der Waals surface area (Å²) in [5, 5.41) is 0. The van der Waals surface area contributed by atoms with Crippen molar-refractivity contribution in [3.63, 3.8) is 0 Å². The first kappa shape index (κ1) is 20.6. The Balaban J connectivity index is 1.71. The van der Waals surface area contributed by atoms with Crippen LogP contribution >= 0.6 is 0 Å². The van der Waals surface area contributed by atoms with Crippen molar-refractivity contribution in [2.75, 3.05) is 20.3 Å². The van der Waals surface area contributed by atoms with E-state index >= 15 is 0 Å². The highest BCUT2D eigenvalue weighted by Gasteiger charge is 2.13. The molecule has 0 saturated heterocycles. The van der Waals surface area contributed by atoms with E-state index in [-0.39, 0.29) is 5.91 Å². The predicted molar refractivity (Wildman–Crippen MR) is 117 cm³/mol. The number of rotatable bonds is 9. The zero-order valence-corrected chi connectivity index (χ0v) is 17.1. The number of carbonyl (C=O) groups excluding carboxylic acids is 1. The highest BCUT2D eigenvalue weighted by molar-refractivity contribution is 5.91. The summed E-state index contributed by atoms with van der Waals surface area (Å²) in [5.41, 5.74) is 4.60. The number of ether oxygens (including phenoxy) is 1. The molecule has 0 aliphatic heterocycles. The largest absolute Gasteiger partial charge is 0.383 e. The Morgan fingerprint density at radius 2 is 1.79 bits per heavy atom. The fourth-order valence-electron chi connectivity index (χ4n) is 3.14. The van der Waals surface area contributed by atoms with Crippen LogP contribution in [0.3, 0.4) is 0 Å². The lowest BCUT2D eigenvalue weighted by Gasteiger charge is -2.22. The average Bonchev–Trinajstić information content (AvgIpc) is 3.18. The van der Waals surface area contributed by atoms with Crippen molar-refractivity contribution < 1.29 is 9.53 Å². The lowest BCUT2D eigenvalue weighted by atomic mass is 10.1. The van der Waals surface area contributed by atoms with Crippen LogP contribution in [0, 0.1) is 6.92 Å². The quantitative estimate of drug-likeness (QED) is 0.505. The summed E-state index contributed by atoms with van der Waals surface area (Å²) >= 11 is 0. The molecule has 3 rings (SSSR count). The molecule has 1 amide bonds. The van der Waals surface area contributed by atoms with Crippen molar-refractivity contribution in [1.82, 2.24) is 9.47 Å². The van der Waals surface area contributed by atoms with E-state index in [0.29, 0.717) is 19.7 Å². The average molecular weight is 389 g/mol. The predicted octanol–water partition coefficient (Wildman–Crippen LogP) is 4.53. The number of benzene rings is 2. The number of aromatic nitrogens is 1. The monoisotopic (exact) mass is 388 g/mol. The third-order valence-electron chi connectivity index (χ3n) is 4.84. The minimum absolute atomic E-state index is 0.0195. The van der Waals surface area contributed by atoms with E-state index < -0.39 is 0 Å². The summed E-state index contributed by atoms with van der Waals surface area (Å²) in [6.45, 7) is 4.47. The van der Waals surface area contributed by atoms with Crippen LogP contribution in [-0.2, 0) is 22.6 Å². The van der Waals surface area contributed by atoms with Gasteiger partial charge in [-0.25, -0.2) is 0 Å². The lowest BCUT2D eigenvalue weighted by molar-refractivity contribution is -0.127. The first-order chi connectivity index (χ1) is 14.2. The molecule has 150 valence electrons. The molecule has 0 fully saturated rings. The summed E-state index contributed by atoms with van der Waals surface area (Å²) in [6, 6.07) is 22.5. The van der Waals surface area contributed by atoms with Crippen LogP contribution in [0.15, 0.2) is 79.0 Å². The molecule has 0 unspecified atom stereocenters. The highest BCUT2D eigenvalue weighted by Crippen LogP contribution is 2.12. The van der Waals surface area contributed by atoms with Gasteiger partial charge in [0.2, 0.25) is 5.91 Å². The molecule has 4 nitrogen and oxygen atoms in total. The van der Waals surface area contributed by atoms with Gasteiger partial charge in [0.05, 0.1) is 13.2 Å². The molecule has 0 radical (unpaired) electrons. The van der Waals surface area contributed by atoms with Crippen molar-refractivity contribution in [3.8, 4) is 0 Å². The summed E-state index contributed by atoms with van der Waals surface area (Å²) in [4.78, 5) is 14.7. The van der Waals surface area contributed by atoms with Crippen molar-refractivity contribution in [2.45, 2.75) is 20.0 Å². The van der Waals surface area contributed by atoms with E-state index in [1.165, 1.54) is 11.1 Å². The molecule has 29 heavy (non-hydrogen) atoms. The number of hydrogen-bond acceptors (Lipinski definition) is 2. The molecule has 1 aromatic heterocycles. The molecule has 0 bridgehead atoms. The molecule has 2 aromatic carbocycles. The second-order valence-electron chi connectivity index (χ2n) is 7.11. The lowest BCUT2D eigenvalue weighted by Crippen LogP contribution is -2.33. The van der Waals surface area contributed by atoms with Gasteiger partial charge in [0.15, 0.2) is 0 Å². The van der Waals surface area contributed by atoms with E-state index in [9.17, 15) is 4.79 Å². The number of amides is 1. The molecular weight excluding hydrogens is 360 g/mol. The van der Waals surface area contributed by atoms with E-state index in [0.717, 1.165) is 17.8 Å². The molecule has 0 spiro atoms. The highest BCUT2D eigenvalue weighted by atomic mass is 16.5. The third-order valence-corrected chi connectivity index (χ3v) is 4.84. The van der Waals surface area contributed by atoms with Crippen molar-refractivity contribution in [1.29, 1.82) is 0 Å². The Kier molecular flexibility index (Phi) is 7.42. The van der Waals surface area contributed by atoms with Crippen LogP contribution in [-0.4, -0.2) is 35.6 Å². The zero-order valence-electron chi connectivity index (χ0n) is 17.1. The third kappa shape index (κ3) is 6.19. The first-order valence-electron chi connectivity index (χ1n) is 9.86. The van der Waals surface area contributed by atoms with Gasteiger partial charge in [0, 0.05) is 38.2 Å². The molecule has 1 heterocycles. The number of carbonyl (C=O) groups is 1. The van der Waals surface area contributed by atoms with Gasteiger partial charge in [-0.1, -0.05) is 60.2 Å². The van der Waals surface area contributed by atoms with Gasteiger partial charge in [0.1, 0.15) is 0 Å². The van der Waals surface area contributed by atoms with Crippen LogP contribution in [0.2, 0.25) is 0 Å². The maximum absolute atomic E-state index is 12.8. The van der Waals surface area contributed by atoms with Crippen molar-refractivity contribution in [3.05, 3.63) is 101 Å². The minimum atomic E-state index is -0.0195. The normalized spacial score (nSPS) is 11.1. The van der Waals surface area contributed by atoms with Gasteiger partial charge in [-0.3, -0.25) is 4.79 Å². The Hall–Kier alpha value is -3.11. The van der Waals surface area contributed by atoms with Crippen molar-refractivity contribution >= 4 is 12.0 Å². The molecule has 0 atom stereocenters. The summed E-state index contributed by atoms with van der Waals surface area (Å²) in [7, 11) is 1.66. The maximum atomic E-state index is 12.8. The summed E-state index contributed by atoms with van der Waals surface area (Å²) in [6.07, 6.45) is 5.56. The van der Waals surface area contributed by atoms with Crippen LogP contribution in [0.25, 0.3) is 6.08 Å². The van der Waals surface area contributed by atoms with E-state index in [1.54, 1.807) is 13.2 Å².